The molecule has 2 aliphatic heterocycles. The van der Waals surface area contributed by atoms with E-state index >= 15 is 0 Å². The van der Waals surface area contributed by atoms with Crippen molar-refractivity contribution in [2.75, 3.05) is 19.6 Å². The molecule has 2 aliphatic rings. The van der Waals surface area contributed by atoms with Crippen LogP contribution in [0, 0.1) is 17.6 Å². The van der Waals surface area contributed by atoms with Crippen molar-refractivity contribution < 1.29 is 8.78 Å². The lowest BCUT2D eigenvalue weighted by molar-refractivity contribution is 0.123. The molecule has 1 aromatic carbocycles. The molecule has 2 fully saturated rings. The number of hydrogen-bond acceptors (Lipinski definition) is 2. The van der Waals surface area contributed by atoms with Gasteiger partial charge in [-0.1, -0.05) is 6.07 Å². The van der Waals surface area contributed by atoms with E-state index in [0.29, 0.717) is 6.04 Å². The van der Waals surface area contributed by atoms with Crippen LogP contribution in [0.3, 0.4) is 0 Å². The molecule has 21 heavy (non-hydrogen) atoms. The Morgan fingerprint density at radius 3 is 2.38 bits per heavy atom. The van der Waals surface area contributed by atoms with Crippen LogP contribution in [0.2, 0.25) is 0 Å². The maximum absolute atomic E-state index is 13.9. The second-order valence-electron chi connectivity index (χ2n) is 6.39. The van der Waals surface area contributed by atoms with E-state index in [2.05, 4.69) is 10.2 Å². The molecule has 0 aromatic heterocycles. The van der Waals surface area contributed by atoms with E-state index in [4.69, 9.17) is 0 Å². The Hall–Kier alpha value is -1.00. The molecule has 0 bridgehead atoms. The Bertz CT molecular complexity index is 457. The maximum atomic E-state index is 13.9. The zero-order chi connectivity index (χ0) is 14.8. The summed E-state index contributed by atoms with van der Waals surface area (Å²) in [5.41, 5.74) is 0.218. The van der Waals surface area contributed by atoms with E-state index in [-0.39, 0.29) is 11.6 Å². The molecule has 116 valence electrons. The SMILES string of the molecule is CC(c1c(F)cccc1F)N1CCC(C2CCCN2)CC1. The highest BCUT2D eigenvalue weighted by Crippen LogP contribution is 2.32. The van der Waals surface area contributed by atoms with Crippen molar-refractivity contribution in [2.24, 2.45) is 5.92 Å². The molecule has 4 heteroatoms. The van der Waals surface area contributed by atoms with Gasteiger partial charge in [-0.2, -0.15) is 0 Å². The van der Waals surface area contributed by atoms with Crippen molar-refractivity contribution in [3.63, 3.8) is 0 Å². The second-order valence-corrected chi connectivity index (χ2v) is 6.39. The molecule has 1 aromatic rings. The summed E-state index contributed by atoms with van der Waals surface area (Å²) in [4.78, 5) is 2.22. The fourth-order valence-electron chi connectivity index (χ4n) is 3.92. The molecule has 2 heterocycles. The van der Waals surface area contributed by atoms with Crippen LogP contribution in [0.15, 0.2) is 18.2 Å². The van der Waals surface area contributed by atoms with Crippen LogP contribution in [0.4, 0.5) is 8.78 Å². The Labute approximate surface area is 125 Å². The average molecular weight is 294 g/mol. The van der Waals surface area contributed by atoms with Gasteiger partial charge in [-0.05, 0) is 70.3 Å². The van der Waals surface area contributed by atoms with Crippen LogP contribution >= 0.6 is 0 Å². The van der Waals surface area contributed by atoms with Gasteiger partial charge in [0.25, 0.3) is 0 Å². The van der Waals surface area contributed by atoms with Crippen molar-refractivity contribution >= 4 is 0 Å². The summed E-state index contributed by atoms with van der Waals surface area (Å²) in [5, 5.41) is 3.58. The number of rotatable bonds is 3. The van der Waals surface area contributed by atoms with Gasteiger partial charge in [0.2, 0.25) is 0 Å². The van der Waals surface area contributed by atoms with Gasteiger partial charge in [-0.15, -0.1) is 0 Å². The molecule has 2 unspecified atom stereocenters. The van der Waals surface area contributed by atoms with Crippen LogP contribution in [0.1, 0.15) is 44.2 Å². The third-order valence-corrected chi connectivity index (χ3v) is 5.21. The Morgan fingerprint density at radius 2 is 1.81 bits per heavy atom. The van der Waals surface area contributed by atoms with Crippen molar-refractivity contribution in [1.82, 2.24) is 10.2 Å². The van der Waals surface area contributed by atoms with E-state index in [0.717, 1.165) is 38.4 Å². The molecule has 0 spiro atoms. The topological polar surface area (TPSA) is 15.3 Å². The Balaban J connectivity index is 1.63. The summed E-state index contributed by atoms with van der Waals surface area (Å²) in [6.45, 7) is 4.91. The third kappa shape index (κ3) is 3.11. The number of benzene rings is 1. The maximum Gasteiger partial charge on any atom is 0.130 e. The first-order valence-corrected chi connectivity index (χ1v) is 8.08. The fourth-order valence-corrected chi connectivity index (χ4v) is 3.92. The normalized spacial score (nSPS) is 26.1. The molecule has 0 saturated carbocycles. The highest BCUT2D eigenvalue weighted by atomic mass is 19.1. The van der Waals surface area contributed by atoms with Crippen LogP contribution in [-0.4, -0.2) is 30.6 Å². The lowest BCUT2D eigenvalue weighted by Crippen LogP contribution is -2.42. The van der Waals surface area contributed by atoms with Gasteiger partial charge < -0.3 is 5.32 Å². The average Bonchev–Trinajstić information content (AvgIpc) is 3.01. The minimum absolute atomic E-state index is 0.191. The summed E-state index contributed by atoms with van der Waals surface area (Å²) < 4.78 is 27.8. The quantitative estimate of drug-likeness (QED) is 0.918. The summed E-state index contributed by atoms with van der Waals surface area (Å²) in [7, 11) is 0. The molecular formula is C17H24F2N2. The number of piperidine rings is 1. The highest BCUT2D eigenvalue weighted by molar-refractivity contribution is 5.23. The van der Waals surface area contributed by atoms with E-state index in [1.165, 1.54) is 31.0 Å². The first-order chi connectivity index (χ1) is 10.2. The number of nitrogens with one attached hydrogen (secondary N) is 1. The molecule has 2 nitrogen and oxygen atoms in total. The van der Waals surface area contributed by atoms with Gasteiger partial charge in [0, 0.05) is 17.6 Å². The molecule has 0 radical (unpaired) electrons. The number of halogens is 2. The third-order valence-electron chi connectivity index (χ3n) is 5.21. The summed E-state index contributed by atoms with van der Waals surface area (Å²) >= 11 is 0. The van der Waals surface area contributed by atoms with Crippen LogP contribution in [-0.2, 0) is 0 Å². The van der Waals surface area contributed by atoms with Crippen molar-refractivity contribution in [2.45, 2.75) is 44.7 Å². The molecule has 2 saturated heterocycles. The van der Waals surface area contributed by atoms with Gasteiger partial charge in [-0.25, -0.2) is 8.78 Å². The lowest BCUT2D eigenvalue weighted by Gasteiger charge is -2.38. The largest absolute Gasteiger partial charge is 0.314 e. The van der Waals surface area contributed by atoms with Gasteiger partial charge in [0.15, 0.2) is 0 Å². The van der Waals surface area contributed by atoms with Gasteiger partial charge in [-0.3, -0.25) is 4.90 Å². The monoisotopic (exact) mass is 294 g/mol. The van der Waals surface area contributed by atoms with Crippen LogP contribution in [0.25, 0.3) is 0 Å². The van der Waals surface area contributed by atoms with Crippen LogP contribution in [0.5, 0.6) is 0 Å². The molecule has 0 amide bonds. The number of hydrogen-bond donors (Lipinski definition) is 1. The molecule has 0 aliphatic carbocycles. The van der Waals surface area contributed by atoms with E-state index < -0.39 is 11.6 Å². The minimum Gasteiger partial charge on any atom is -0.314 e. The smallest absolute Gasteiger partial charge is 0.130 e. The zero-order valence-corrected chi connectivity index (χ0v) is 12.6. The van der Waals surface area contributed by atoms with Crippen LogP contribution < -0.4 is 5.32 Å². The Kier molecular flexibility index (Phi) is 4.55. The van der Waals surface area contributed by atoms with E-state index in [1.54, 1.807) is 0 Å². The highest BCUT2D eigenvalue weighted by Gasteiger charge is 2.31. The van der Waals surface area contributed by atoms with E-state index in [9.17, 15) is 8.78 Å². The first kappa shape index (κ1) is 14.9. The van der Waals surface area contributed by atoms with Gasteiger partial charge in [0.1, 0.15) is 11.6 Å². The summed E-state index contributed by atoms with van der Waals surface area (Å²) in [6.07, 6.45) is 4.81. The fraction of sp³-hybridized carbons (Fsp3) is 0.647. The number of nitrogens with zero attached hydrogens (tertiary/aromatic N) is 1. The molecular weight excluding hydrogens is 270 g/mol. The van der Waals surface area contributed by atoms with Crippen molar-refractivity contribution in [1.29, 1.82) is 0 Å². The molecule has 3 rings (SSSR count). The van der Waals surface area contributed by atoms with Gasteiger partial charge in [0.05, 0.1) is 0 Å². The second kappa shape index (κ2) is 6.41. The summed E-state index contributed by atoms with van der Waals surface area (Å²) in [5.74, 6) is -0.134. The predicted octanol–water partition coefficient (Wildman–Crippen LogP) is 3.49. The molecule has 1 N–H and O–H groups in total. The minimum atomic E-state index is -0.429. The first-order valence-electron chi connectivity index (χ1n) is 8.08. The summed E-state index contributed by atoms with van der Waals surface area (Å²) in [6, 6.07) is 4.60. The van der Waals surface area contributed by atoms with E-state index in [1.807, 2.05) is 6.92 Å². The van der Waals surface area contributed by atoms with Crippen molar-refractivity contribution in [3.8, 4) is 0 Å². The predicted molar refractivity (Wildman–Crippen MR) is 80.1 cm³/mol. The molecule has 2 atom stereocenters. The number of likely N-dealkylation sites (tertiary alicyclic amines) is 1. The van der Waals surface area contributed by atoms with Crippen molar-refractivity contribution in [3.05, 3.63) is 35.4 Å². The van der Waals surface area contributed by atoms with Gasteiger partial charge >= 0.3 is 0 Å². The Morgan fingerprint density at radius 1 is 1.14 bits per heavy atom. The standard InChI is InChI=1S/C17H24F2N2/c1-12(17-14(18)4-2-5-15(17)19)21-10-7-13(8-11-21)16-6-3-9-20-16/h2,4-5,12-13,16,20H,3,6-11H2,1H3. The lowest BCUT2D eigenvalue weighted by atomic mass is 9.87. The zero-order valence-electron chi connectivity index (χ0n) is 12.6.